The molecule has 0 amide bonds. The predicted octanol–water partition coefficient (Wildman–Crippen LogP) is 1.26. The summed E-state index contributed by atoms with van der Waals surface area (Å²) in [6.45, 7) is 4.61. The molecule has 3 heteroatoms. The second kappa shape index (κ2) is 1.98. The predicted molar refractivity (Wildman–Crippen MR) is 32.9 cm³/mol. The van der Waals surface area contributed by atoms with Gasteiger partial charge in [-0.05, 0) is 0 Å². The van der Waals surface area contributed by atoms with Crippen LogP contribution >= 0.6 is 0 Å². The number of hydrogen-bond donors (Lipinski definition) is 0. The van der Waals surface area contributed by atoms with Crippen LogP contribution in [-0.2, 0) is 0 Å². The molecule has 0 aromatic heterocycles. The number of rotatable bonds is 0. The van der Waals surface area contributed by atoms with Crippen molar-refractivity contribution >= 4 is 16.9 Å². The maximum atomic E-state index is 12.3. The minimum absolute atomic E-state index is 0.495. The van der Waals surface area contributed by atoms with Gasteiger partial charge in [0.15, 0.2) is 0 Å². The zero-order valence-corrected chi connectivity index (χ0v) is 7.76. The van der Waals surface area contributed by atoms with Gasteiger partial charge in [-0.1, -0.05) is 0 Å². The minimum atomic E-state index is -2.50. The summed E-state index contributed by atoms with van der Waals surface area (Å²) >= 11 is 0.495. The molecule has 8 heavy (non-hydrogen) atoms. The maximum absolute atomic E-state index is 12.3. The van der Waals surface area contributed by atoms with E-state index < -0.39 is 10.1 Å². The fourth-order valence-electron chi connectivity index (χ4n) is 0. The van der Waals surface area contributed by atoms with Crippen LogP contribution in [0.5, 0.6) is 0 Å². The van der Waals surface area contributed by atoms with Crippen molar-refractivity contribution in [1.82, 2.24) is 0 Å². The summed E-state index contributed by atoms with van der Waals surface area (Å²) in [7, 11) is 0. The monoisotopic (exact) mass is 184 g/mol. The summed E-state index contributed by atoms with van der Waals surface area (Å²) < 4.78 is 22.0. The van der Waals surface area contributed by atoms with Gasteiger partial charge < -0.3 is 0 Å². The van der Waals surface area contributed by atoms with Gasteiger partial charge in [-0.25, -0.2) is 0 Å². The van der Waals surface area contributed by atoms with Gasteiger partial charge in [0.1, 0.15) is 0 Å². The number of hydrogen-bond acceptors (Lipinski definition) is 0. The summed E-state index contributed by atoms with van der Waals surface area (Å²) in [6.07, 6.45) is 0. The average molecular weight is 184 g/mol. The Morgan fingerprint density at radius 3 is 1.25 bits per heavy atom. The normalized spacial score (nSPS) is 14.2. The van der Waals surface area contributed by atoms with Crippen molar-refractivity contribution in [3.63, 3.8) is 0 Å². The molecule has 0 radical (unpaired) electrons. The quantitative estimate of drug-likeness (QED) is 0.497. The molecule has 1 atom stereocenters. The SMILES string of the molecule is CC(C)(C)C(F)(F)[AsH2]. The van der Waals surface area contributed by atoms with E-state index in [1.807, 2.05) is 0 Å². The first-order chi connectivity index (χ1) is 3.25. The standard InChI is InChI=1S/C5H11AsF2/c1-4(2,3)5(6,7)8/h6H2,1-3H3. The molecule has 0 aromatic rings. The summed E-state index contributed by atoms with van der Waals surface area (Å²) in [4.78, 5) is 0. The fourth-order valence-corrected chi connectivity index (χ4v) is 0. The molecular formula is C5H11AsF2. The van der Waals surface area contributed by atoms with Gasteiger partial charge in [-0.15, -0.1) is 0 Å². The Hall–Kier alpha value is 0.418. The van der Waals surface area contributed by atoms with E-state index in [-0.39, 0.29) is 0 Å². The molecule has 0 spiro atoms. The van der Waals surface area contributed by atoms with Crippen molar-refractivity contribution in [2.45, 2.75) is 25.5 Å². The third-order valence-electron chi connectivity index (χ3n) is 1.000. The Bertz CT molecular complexity index is 65.4. The Labute approximate surface area is 57.2 Å². The fraction of sp³-hybridized carbons (Fsp3) is 1.00. The molecule has 0 aromatic carbocycles. The molecule has 0 aliphatic rings. The molecule has 0 heterocycles. The molecule has 0 aliphatic carbocycles. The molecule has 0 rings (SSSR count). The van der Waals surface area contributed by atoms with E-state index in [4.69, 9.17) is 0 Å². The summed E-state index contributed by atoms with van der Waals surface area (Å²) in [5, 5.41) is 0. The molecule has 0 N–H and O–H groups in total. The van der Waals surface area contributed by atoms with Crippen molar-refractivity contribution in [3.05, 3.63) is 0 Å². The van der Waals surface area contributed by atoms with E-state index in [1.54, 1.807) is 0 Å². The zero-order chi connectivity index (χ0) is 7.00. The van der Waals surface area contributed by atoms with Crippen molar-refractivity contribution in [2.75, 3.05) is 0 Å². The van der Waals surface area contributed by atoms with E-state index in [9.17, 15) is 8.78 Å². The molecule has 0 fully saturated rings. The third kappa shape index (κ3) is 2.12. The first kappa shape index (κ1) is 8.42. The topological polar surface area (TPSA) is 0 Å². The molecule has 0 nitrogen and oxygen atoms in total. The van der Waals surface area contributed by atoms with Crippen molar-refractivity contribution < 1.29 is 8.78 Å². The first-order valence-electron chi connectivity index (χ1n) is 2.42. The van der Waals surface area contributed by atoms with E-state index >= 15 is 0 Å². The molecular weight excluding hydrogens is 173 g/mol. The van der Waals surface area contributed by atoms with E-state index in [0.717, 1.165) is 0 Å². The molecule has 1 unspecified atom stereocenters. The van der Waals surface area contributed by atoms with Gasteiger partial charge in [0, 0.05) is 0 Å². The van der Waals surface area contributed by atoms with Crippen molar-refractivity contribution in [2.24, 2.45) is 5.41 Å². The Balaban J connectivity index is 4.02. The van der Waals surface area contributed by atoms with Gasteiger partial charge in [-0.2, -0.15) is 0 Å². The van der Waals surface area contributed by atoms with Gasteiger partial charge >= 0.3 is 56.5 Å². The second-order valence-electron chi connectivity index (χ2n) is 2.87. The third-order valence-corrected chi connectivity index (χ3v) is 2.82. The molecule has 0 aliphatic heterocycles. The molecule has 50 valence electrons. The van der Waals surface area contributed by atoms with Crippen LogP contribution in [0.15, 0.2) is 0 Å². The number of alkyl halides is 2. The van der Waals surface area contributed by atoms with Crippen LogP contribution in [0.2, 0.25) is 0 Å². The van der Waals surface area contributed by atoms with E-state index in [2.05, 4.69) is 0 Å². The molecule has 0 bridgehead atoms. The Kier molecular flexibility index (Phi) is 2.09. The summed E-state index contributed by atoms with van der Waals surface area (Å²) in [5.74, 6) is 0. The van der Waals surface area contributed by atoms with Gasteiger partial charge in [0.25, 0.3) is 0 Å². The molecule has 0 saturated carbocycles. The van der Waals surface area contributed by atoms with E-state index in [1.165, 1.54) is 20.8 Å². The van der Waals surface area contributed by atoms with Crippen LogP contribution in [0.1, 0.15) is 20.8 Å². The zero-order valence-electron chi connectivity index (χ0n) is 5.33. The van der Waals surface area contributed by atoms with Crippen LogP contribution in [0.3, 0.4) is 0 Å². The summed E-state index contributed by atoms with van der Waals surface area (Å²) in [6, 6.07) is 0. The van der Waals surface area contributed by atoms with Gasteiger partial charge in [0.05, 0.1) is 0 Å². The Morgan fingerprint density at radius 1 is 1.12 bits per heavy atom. The van der Waals surface area contributed by atoms with Crippen LogP contribution in [0.4, 0.5) is 8.78 Å². The second-order valence-corrected chi connectivity index (χ2v) is 4.39. The number of halogens is 2. The van der Waals surface area contributed by atoms with Crippen molar-refractivity contribution in [1.29, 1.82) is 0 Å². The van der Waals surface area contributed by atoms with E-state index in [0.29, 0.717) is 16.9 Å². The van der Waals surface area contributed by atoms with Gasteiger partial charge in [-0.3, -0.25) is 0 Å². The molecule has 0 saturated heterocycles. The Morgan fingerprint density at radius 2 is 1.25 bits per heavy atom. The first-order valence-corrected chi connectivity index (χ1v) is 3.63. The average Bonchev–Trinajstić information content (AvgIpc) is 1.25. The van der Waals surface area contributed by atoms with Crippen LogP contribution in [0.25, 0.3) is 0 Å². The van der Waals surface area contributed by atoms with Gasteiger partial charge in [0.2, 0.25) is 0 Å². The van der Waals surface area contributed by atoms with Crippen LogP contribution < -0.4 is 0 Å². The summed E-state index contributed by atoms with van der Waals surface area (Å²) in [5.41, 5.74) is -0.868. The van der Waals surface area contributed by atoms with Crippen molar-refractivity contribution in [3.8, 4) is 0 Å². The van der Waals surface area contributed by atoms with Crippen LogP contribution in [-0.4, -0.2) is 21.6 Å². The van der Waals surface area contributed by atoms with Crippen LogP contribution in [0, 0.1) is 5.41 Å².